The average Bonchev–Trinajstić information content (AvgIpc) is 2.05. The van der Waals surface area contributed by atoms with Gasteiger partial charge in [-0.2, -0.15) is 0 Å². The summed E-state index contributed by atoms with van der Waals surface area (Å²) in [7, 11) is 1.65. The molecule has 1 aromatic rings. The minimum atomic E-state index is 0.778. The quantitative estimate of drug-likeness (QED) is 0.682. The number of hydrogen-bond donors (Lipinski definition) is 0. The SMILES string of the molecule is COc1ccc(/C=C(/C)Cl)cc1. The van der Waals surface area contributed by atoms with E-state index in [2.05, 4.69) is 0 Å². The minimum Gasteiger partial charge on any atom is -0.497 e. The topological polar surface area (TPSA) is 9.23 Å². The number of rotatable bonds is 2. The van der Waals surface area contributed by atoms with E-state index in [4.69, 9.17) is 16.3 Å². The van der Waals surface area contributed by atoms with Crippen molar-refractivity contribution in [1.29, 1.82) is 0 Å². The highest BCUT2D eigenvalue weighted by Crippen LogP contribution is 2.14. The number of ether oxygens (including phenoxy) is 1. The summed E-state index contributed by atoms with van der Waals surface area (Å²) < 4.78 is 5.02. The Hall–Kier alpha value is -0.950. The largest absolute Gasteiger partial charge is 0.497 e. The Bertz CT molecular complexity index is 270. The van der Waals surface area contributed by atoms with Crippen LogP contribution >= 0.6 is 11.6 Å². The lowest BCUT2D eigenvalue weighted by Gasteiger charge is -1.98. The number of benzene rings is 1. The van der Waals surface area contributed by atoms with E-state index < -0.39 is 0 Å². The summed E-state index contributed by atoms with van der Waals surface area (Å²) >= 11 is 5.72. The highest BCUT2D eigenvalue weighted by Gasteiger charge is 1.90. The van der Waals surface area contributed by atoms with Crippen LogP contribution in [0, 0.1) is 0 Å². The van der Waals surface area contributed by atoms with Crippen LogP contribution in [-0.4, -0.2) is 7.11 Å². The molecule has 0 heterocycles. The van der Waals surface area contributed by atoms with Gasteiger partial charge < -0.3 is 4.74 Å². The summed E-state index contributed by atoms with van der Waals surface area (Å²) in [4.78, 5) is 0. The molecule has 0 N–H and O–H groups in total. The fraction of sp³-hybridized carbons (Fsp3) is 0.200. The standard InChI is InChI=1S/C10H11ClO/c1-8(11)7-9-3-5-10(12-2)6-4-9/h3-7H,1-2H3/b8-7-. The predicted molar refractivity (Wildman–Crippen MR) is 52.5 cm³/mol. The molecule has 0 fully saturated rings. The lowest BCUT2D eigenvalue weighted by molar-refractivity contribution is 0.415. The summed E-state index contributed by atoms with van der Waals surface area (Å²) in [6.07, 6.45) is 1.90. The van der Waals surface area contributed by atoms with Gasteiger partial charge in [0.1, 0.15) is 5.75 Å². The maximum Gasteiger partial charge on any atom is 0.118 e. The van der Waals surface area contributed by atoms with Crippen molar-refractivity contribution >= 4 is 17.7 Å². The van der Waals surface area contributed by atoms with Gasteiger partial charge in [0, 0.05) is 5.03 Å². The summed E-state index contributed by atoms with van der Waals surface area (Å²) in [6.45, 7) is 1.85. The molecular weight excluding hydrogens is 172 g/mol. The van der Waals surface area contributed by atoms with E-state index in [1.54, 1.807) is 7.11 Å². The predicted octanol–water partition coefficient (Wildman–Crippen LogP) is 3.29. The molecule has 0 amide bonds. The first-order chi connectivity index (χ1) is 5.72. The highest BCUT2D eigenvalue weighted by molar-refractivity contribution is 6.31. The van der Waals surface area contributed by atoms with E-state index >= 15 is 0 Å². The van der Waals surface area contributed by atoms with E-state index in [1.807, 2.05) is 37.3 Å². The van der Waals surface area contributed by atoms with Gasteiger partial charge in [-0.25, -0.2) is 0 Å². The lowest BCUT2D eigenvalue weighted by atomic mass is 10.2. The third kappa shape index (κ3) is 2.59. The molecule has 0 bridgehead atoms. The van der Waals surface area contributed by atoms with Crippen LogP contribution in [0.3, 0.4) is 0 Å². The molecule has 2 heteroatoms. The molecule has 0 atom stereocenters. The van der Waals surface area contributed by atoms with Crippen molar-refractivity contribution in [2.24, 2.45) is 0 Å². The minimum absolute atomic E-state index is 0.778. The summed E-state index contributed by atoms with van der Waals surface area (Å²) in [6, 6.07) is 7.74. The van der Waals surface area contributed by atoms with Gasteiger partial charge in [0.2, 0.25) is 0 Å². The molecule has 12 heavy (non-hydrogen) atoms. The van der Waals surface area contributed by atoms with Crippen molar-refractivity contribution in [2.75, 3.05) is 7.11 Å². The molecule has 1 aromatic carbocycles. The van der Waals surface area contributed by atoms with E-state index in [1.165, 1.54) is 0 Å². The molecule has 0 saturated heterocycles. The molecule has 64 valence electrons. The number of hydrogen-bond acceptors (Lipinski definition) is 1. The van der Waals surface area contributed by atoms with Crippen LogP contribution in [0.4, 0.5) is 0 Å². The van der Waals surface area contributed by atoms with Gasteiger partial charge in [0.25, 0.3) is 0 Å². The fourth-order valence-electron chi connectivity index (χ4n) is 0.930. The Kier molecular flexibility index (Phi) is 3.18. The molecule has 1 rings (SSSR count). The second kappa shape index (κ2) is 4.17. The normalized spacial score (nSPS) is 11.4. The van der Waals surface area contributed by atoms with Crippen LogP contribution in [0.5, 0.6) is 5.75 Å². The van der Waals surface area contributed by atoms with Crippen LogP contribution in [0.2, 0.25) is 0 Å². The van der Waals surface area contributed by atoms with Crippen molar-refractivity contribution in [1.82, 2.24) is 0 Å². The third-order valence-corrected chi connectivity index (χ3v) is 1.59. The molecule has 0 unspecified atom stereocenters. The summed E-state index contributed by atoms with van der Waals surface area (Å²) in [5.74, 6) is 0.861. The Morgan fingerprint density at radius 2 is 1.92 bits per heavy atom. The Labute approximate surface area is 77.6 Å². The monoisotopic (exact) mass is 182 g/mol. The molecule has 0 saturated carbocycles. The average molecular weight is 183 g/mol. The van der Waals surface area contributed by atoms with Crippen molar-refractivity contribution in [3.63, 3.8) is 0 Å². The van der Waals surface area contributed by atoms with Crippen LogP contribution in [-0.2, 0) is 0 Å². The highest BCUT2D eigenvalue weighted by atomic mass is 35.5. The van der Waals surface area contributed by atoms with Gasteiger partial charge in [-0.3, -0.25) is 0 Å². The zero-order valence-electron chi connectivity index (χ0n) is 7.17. The van der Waals surface area contributed by atoms with Gasteiger partial charge >= 0.3 is 0 Å². The molecule has 0 aliphatic carbocycles. The second-order valence-electron chi connectivity index (χ2n) is 2.50. The Morgan fingerprint density at radius 3 is 2.33 bits per heavy atom. The van der Waals surface area contributed by atoms with E-state index in [9.17, 15) is 0 Å². The number of methoxy groups -OCH3 is 1. The van der Waals surface area contributed by atoms with Crippen molar-refractivity contribution < 1.29 is 4.74 Å². The lowest BCUT2D eigenvalue weighted by Crippen LogP contribution is -1.81. The van der Waals surface area contributed by atoms with Crippen LogP contribution in [0.1, 0.15) is 12.5 Å². The molecule has 0 aliphatic rings. The van der Waals surface area contributed by atoms with Gasteiger partial charge in [-0.15, -0.1) is 0 Å². The Balaban J connectivity index is 2.85. The van der Waals surface area contributed by atoms with Crippen molar-refractivity contribution in [2.45, 2.75) is 6.92 Å². The first-order valence-corrected chi connectivity index (χ1v) is 4.08. The van der Waals surface area contributed by atoms with E-state index in [-0.39, 0.29) is 0 Å². The maximum atomic E-state index is 5.72. The molecule has 1 nitrogen and oxygen atoms in total. The number of halogens is 1. The van der Waals surface area contributed by atoms with Crippen LogP contribution < -0.4 is 4.74 Å². The van der Waals surface area contributed by atoms with Crippen molar-refractivity contribution in [3.05, 3.63) is 34.9 Å². The molecule has 0 aliphatic heterocycles. The first-order valence-electron chi connectivity index (χ1n) is 3.70. The third-order valence-electron chi connectivity index (χ3n) is 1.48. The first kappa shape index (κ1) is 9.14. The second-order valence-corrected chi connectivity index (χ2v) is 3.10. The summed E-state index contributed by atoms with van der Waals surface area (Å²) in [5, 5.41) is 0.778. The fourth-order valence-corrected chi connectivity index (χ4v) is 1.06. The van der Waals surface area contributed by atoms with E-state index in [0.717, 1.165) is 16.3 Å². The smallest absolute Gasteiger partial charge is 0.118 e. The van der Waals surface area contributed by atoms with Gasteiger partial charge in [0.05, 0.1) is 7.11 Å². The van der Waals surface area contributed by atoms with Crippen LogP contribution in [0.15, 0.2) is 29.3 Å². The Morgan fingerprint density at radius 1 is 1.33 bits per heavy atom. The van der Waals surface area contributed by atoms with Gasteiger partial charge in [0.15, 0.2) is 0 Å². The van der Waals surface area contributed by atoms with E-state index in [0.29, 0.717) is 0 Å². The summed E-state index contributed by atoms with van der Waals surface area (Å²) in [5.41, 5.74) is 1.09. The molecule has 0 spiro atoms. The van der Waals surface area contributed by atoms with Gasteiger partial charge in [-0.05, 0) is 30.7 Å². The molecule has 0 radical (unpaired) electrons. The molecule has 0 aromatic heterocycles. The zero-order chi connectivity index (χ0) is 8.97. The maximum absolute atomic E-state index is 5.72. The van der Waals surface area contributed by atoms with Gasteiger partial charge in [-0.1, -0.05) is 23.7 Å². The van der Waals surface area contributed by atoms with Crippen molar-refractivity contribution in [3.8, 4) is 5.75 Å². The zero-order valence-corrected chi connectivity index (χ0v) is 7.93. The molecular formula is C10H11ClO. The number of allylic oxidation sites excluding steroid dienone is 1. The van der Waals surface area contributed by atoms with Crippen LogP contribution in [0.25, 0.3) is 6.08 Å².